The van der Waals surface area contributed by atoms with Gasteiger partial charge in [-0.3, -0.25) is 19.0 Å². The van der Waals surface area contributed by atoms with Gasteiger partial charge in [-0.2, -0.15) is 10.2 Å². The number of aromatic nitrogens is 10. The standard InChI is InChI=1S/C34H43N7O3S.C21H22ClN3OS.C13H22N4O2/c1-22-18-24(9-8-23(22)10-11-28(42)29-20-36-30(45-29)33(2,3)4)27-12-15-35-31(39-27)38-25-19-37-41(21-25)26-13-16-40(17-14-26)32(43)44-34(5,6)7;1-13-11-15(16-9-10-23-20(22)25-16)6-5-14(13)7-8-17(26)18-12-24-19(27-18)21(2,3)4;1-13(2,3)19-12(18)16-6-4-11(5-7-16)17-9-10(14)8-15-17/h8-9,12,15,18-21,26H,10-11,13-14,16-17H2,1-7H3,(H,35,38,39);5-6,9-12H,7-8H2,1-4H3;8-9,11H,4-7,14H2,1-3H3. The van der Waals surface area contributed by atoms with Crippen LogP contribution in [-0.4, -0.2) is 120 Å². The number of hydrogen-bond donors (Lipinski definition) is 2. The lowest BCUT2D eigenvalue weighted by molar-refractivity contribution is 0.0174. The molecule has 91 heavy (non-hydrogen) atoms. The molecule has 0 saturated carbocycles. The summed E-state index contributed by atoms with van der Waals surface area (Å²) < 4.78 is 14.7. The molecule has 0 atom stereocenters. The number of nitrogen functional groups attached to an aromatic ring is 1. The number of ketones is 2. The molecule has 0 aliphatic carbocycles. The first-order chi connectivity index (χ1) is 42.8. The maximum Gasteiger partial charge on any atom is 0.410 e. The van der Waals surface area contributed by atoms with E-state index in [0.29, 0.717) is 69.5 Å². The van der Waals surface area contributed by atoms with E-state index in [1.807, 2.05) is 87.6 Å². The molecular formula is C68H87ClN14O6S2. The van der Waals surface area contributed by atoms with Crippen molar-refractivity contribution in [2.24, 2.45) is 0 Å². The summed E-state index contributed by atoms with van der Waals surface area (Å²) in [7, 11) is 0. The third-order valence-corrected chi connectivity index (χ3v) is 18.2. The highest BCUT2D eigenvalue weighted by Gasteiger charge is 2.30. The smallest absolute Gasteiger partial charge is 0.410 e. The number of thiazole rings is 2. The molecule has 23 heteroatoms. The van der Waals surface area contributed by atoms with Gasteiger partial charge < -0.3 is 30.3 Å². The van der Waals surface area contributed by atoms with Gasteiger partial charge in [0, 0.05) is 98.2 Å². The SMILES string of the molecule is CC(C)(C)OC(=O)N1CCC(n2cc(N)cn2)CC1.Cc1cc(-c2ccnc(Cl)n2)ccc1CCC(=O)c1cnc(C(C)(C)C)s1.Cc1cc(-c2ccnc(Nc3cnn(C4CCN(C(=O)OC(C)(C)C)CC4)c3)n2)ccc1CCC(=O)c1cnc(C(C)(C)C)s1. The number of halogens is 1. The molecule has 2 aromatic carbocycles. The summed E-state index contributed by atoms with van der Waals surface area (Å²) in [6.07, 6.45) is 19.2. The molecule has 0 spiro atoms. The molecule has 2 aliphatic heterocycles. The Hall–Kier alpha value is -7.95. The number of nitrogens with zero attached hydrogens (tertiary/aromatic N) is 12. The van der Waals surface area contributed by atoms with Crippen LogP contribution in [0.25, 0.3) is 22.5 Å². The van der Waals surface area contributed by atoms with Crippen molar-refractivity contribution in [3.63, 3.8) is 0 Å². The van der Waals surface area contributed by atoms with Gasteiger partial charge in [0.15, 0.2) is 11.6 Å². The molecule has 20 nitrogen and oxygen atoms in total. The second-order valence-corrected chi connectivity index (χ2v) is 29.5. The maximum atomic E-state index is 12.8. The predicted molar refractivity (Wildman–Crippen MR) is 361 cm³/mol. The molecule has 0 bridgehead atoms. The highest BCUT2D eigenvalue weighted by atomic mass is 35.5. The monoisotopic (exact) mass is 1290 g/mol. The Kier molecular flexibility index (Phi) is 22.4. The minimum Gasteiger partial charge on any atom is -0.444 e. The van der Waals surface area contributed by atoms with Crippen molar-refractivity contribution in [2.45, 2.75) is 182 Å². The zero-order chi connectivity index (χ0) is 66.0. The molecule has 0 unspecified atom stereocenters. The second kappa shape index (κ2) is 29.6. The van der Waals surface area contributed by atoms with Crippen LogP contribution in [0.3, 0.4) is 0 Å². The number of nitrogens with two attached hydrogens (primary N) is 1. The maximum absolute atomic E-state index is 12.8. The largest absolute Gasteiger partial charge is 0.444 e. The van der Waals surface area contributed by atoms with Crippen LogP contribution in [0, 0.1) is 13.8 Å². The van der Waals surface area contributed by atoms with Gasteiger partial charge in [0.2, 0.25) is 11.2 Å². The first kappa shape index (κ1) is 68.9. The third kappa shape index (κ3) is 20.0. The lowest BCUT2D eigenvalue weighted by Gasteiger charge is -2.33. The van der Waals surface area contributed by atoms with Crippen LogP contribution < -0.4 is 11.1 Å². The predicted octanol–water partition coefficient (Wildman–Crippen LogP) is 15.2. The number of carbonyl (C=O) groups is 4. The second-order valence-electron chi connectivity index (χ2n) is 27.1. The Morgan fingerprint density at radius 3 is 1.43 bits per heavy atom. The van der Waals surface area contributed by atoms with Crippen LogP contribution in [0.5, 0.6) is 0 Å². The number of anilines is 3. The van der Waals surface area contributed by atoms with Crippen LogP contribution in [0.15, 0.2) is 98.1 Å². The van der Waals surface area contributed by atoms with Crippen LogP contribution >= 0.6 is 34.3 Å². The number of benzene rings is 2. The quantitative estimate of drug-likeness (QED) is 0.0759. The molecule has 8 aromatic rings. The Bertz CT molecular complexity index is 3790. The van der Waals surface area contributed by atoms with E-state index in [1.54, 1.807) is 47.0 Å². The summed E-state index contributed by atoms with van der Waals surface area (Å²) >= 11 is 8.87. The fourth-order valence-electron chi connectivity index (χ4n) is 10.2. The number of ether oxygens (including phenoxy) is 2. The first-order valence-electron chi connectivity index (χ1n) is 30.9. The molecular weight excluding hydrogens is 1210 g/mol. The van der Waals surface area contributed by atoms with E-state index in [2.05, 4.69) is 120 Å². The zero-order valence-electron chi connectivity index (χ0n) is 55.0. The minimum atomic E-state index is -0.501. The normalized spacial score (nSPS) is 14.2. The van der Waals surface area contributed by atoms with E-state index < -0.39 is 11.2 Å². The van der Waals surface area contributed by atoms with E-state index in [-0.39, 0.29) is 45.9 Å². The highest BCUT2D eigenvalue weighted by Crippen LogP contribution is 2.32. The number of likely N-dealkylation sites (tertiary alicyclic amines) is 2. The molecule has 2 aliphatic rings. The molecule has 10 rings (SSSR count). The van der Waals surface area contributed by atoms with Crippen molar-refractivity contribution >= 4 is 75.4 Å². The van der Waals surface area contributed by atoms with E-state index in [0.717, 1.165) is 95.9 Å². The number of Topliss-reactive ketones (excluding diaryl/α,β-unsaturated/α-hetero) is 2. The fraction of sp³-hybridized carbons (Fsp3) is 0.471. The molecule has 2 fully saturated rings. The van der Waals surface area contributed by atoms with Gasteiger partial charge >= 0.3 is 12.2 Å². The van der Waals surface area contributed by atoms with Crippen molar-refractivity contribution in [3.05, 3.63) is 145 Å². The van der Waals surface area contributed by atoms with Gasteiger partial charge in [-0.25, -0.2) is 39.5 Å². The average molecular weight is 1300 g/mol. The lowest BCUT2D eigenvalue weighted by atomic mass is 9.98. The van der Waals surface area contributed by atoms with Gasteiger partial charge in [0.25, 0.3) is 0 Å². The number of nitrogens with one attached hydrogen (secondary N) is 1. The van der Waals surface area contributed by atoms with Crippen molar-refractivity contribution in [3.8, 4) is 22.5 Å². The minimum absolute atomic E-state index is 0.0283. The summed E-state index contributed by atoms with van der Waals surface area (Å²) in [5.74, 6) is 0.764. The number of carbonyl (C=O) groups excluding carboxylic acids is 4. The van der Waals surface area contributed by atoms with Gasteiger partial charge in [-0.05, 0) is 152 Å². The molecule has 0 radical (unpaired) electrons. The van der Waals surface area contributed by atoms with Crippen molar-refractivity contribution < 1.29 is 28.7 Å². The Labute approximate surface area is 547 Å². The fourth-order valence-corrected chi connectivity index (χ4v) is 12.2. The van der Waals surface area contributed by atoms with Crippen molar-refractivity contribution in [1.82, 2.24) is 59.3 Å². The first-order valence-corrected chi connectivity index (χ1v) is 32.9. The average Bonchev–Trinajstić information content (AvgIpc) is 1.81. The topological polar surface area (TPSA) is 244 Å². The molecule has 3 N–H and O–H groups in total. The number of aryl methyl sites for hydroxylation is 4. The van der Waals surface area contributed by atoms with E-state index in [9.17, 15) is 19.2 Å². The summed E-state index contributed by atoms with van der Waals surface area (Å²) in [6, 6.07) is 16.6. The van der Waals surface area contributed by atoms with Crippen molar-refractivity contribution in [2.75, 3.05) is 37.2 Å². The van der Waals surface area contributed by atoms with Crippen LogP contribution in [0.1, 0.15) is 185 Å². The Balaban J connectivity index is 0.000000196. The van der Waals surface area contributed by atoms with Gasteiger partial charge in [-0.15, -0.1) is 22.7 Å². The van der Waals surface area contributed by atoms with Gasteiger partial charge in [-0.1, -0.05) is 65.8 Å². The van der Waals surface area contributed by atoms with E-state index >= 15 is 0 Å². The highest BCUT2D eigenvalue weighted by molar-refractivity contribution is 7.14. The summed E-state index contributed by atoms with van der Waals surface area (Å²) in [5, 5.41) is 14.3. The molecule has 6 aromatic heterocycles. The lowest BCUT2D eigenvalue weighted by Crippen LogP contribution is -2.42. The van der Waals surface area contributed by atoms with Gasteiger partial charge in [0.05, 0.1) is 67.0 Å². The van der Waals surface area contributed by atoms with E-state index in [1.165, 1.54) is 22.7 Å². The molecule has 2 amide bonds. The van der Waals surface area contributed by atoms with Crippen LogP contribution in [0.4, 0.5) is 26.9 Å². The van der Waals surface area contributed by atoms with Crippen LogP contribution in [-0.2, 0) is 33.1 Å². The Morgan fingerprint density at radius 1 is 0.582 bits per heavy atom. The number of amides is 2. The third-order valence-electron chi connectivity index (χ3n) is 15.1. The number of rotatable bonds is 14. The van der Waals surface area contributed by atoms with Crippen LogP contribution in [0.2, 0.25) is 5.28 Å². The number of piperidine rings is 2. The summed E-state index contributed by atoms with van der Waals surface area (Å²) in [5.41, 5.74) is 14.2. The van der Waals surface area contributed by atoms with Gasteiger partial charge in [0.1, 0.15) is 11.2 Å². The van der Waals surface area contributed by atoms with Crippen molar-refractivity contribution in [1.29, 1.82) is 0 Å². The summed E-state index contributed by atoms with van der Waals surface area (Å²) in [6.45, 7) is 30.7. The van der Waals surface area contributed by atoms with E-state index in [4.69, 9.17) is 31.8 Å². The molecule has 2 saturated heterocycles. The summed E-state index contributed by atoms with van der Waals surface area (Å²) in [4.78, 5) is 80.9. The number of hydrogen-bond acceptors (Lipinski definition) is 18. The molecule has 8 heterocycles. The zero-order valence-corrected chi connectivity index (χ0v) is 57.4. The Morgan fingerprint density at radius 2 is 1.02 bits per heavy atom. The molecule has 484 valence electrons.